The van der Waals surface area contributed by atoms with E-state index < -0.39 is 18.2 Å². The van der Waals surface area contributed by atoms with Gasteiger partial charge in [-0.2, -0.15) is 13.2 Å². The van der Waals surface area contributed by atoms with E-state index in [1.165, 1.54) is 0 Å². The van der Waals surface area contributed by atoms with Gasteiger partial charge < -0.3 is 14.7 Å². The molecule has 1 saturated heterocycles. The Hall–Kier alpha value is -1.11. The third-order valence-corrected chi connectivity index (χ3v) is 3.86. The van der Waals surface area contributed by atoms with Crippen LogP contribution in [0.25, 0.3) is 0 Å². The van der Waals surface area contributed by atoms with Gasteiger partial charge in [-0.3, -0.25) is 0 Å². The van der Waals surface area contributed by atoms with Crippen LogP contribution in [-0.2, 0) is 11.3 Å². The molecule has 1 heterocycles. The number of aliphatic hydroxyl groups excluding tert-OH is 1. The highest BCUT2D eigenvalue weighted by Gasteiger charge is 2.41. The maximum Gasteiger partial charge on any atom is 0.393 e. The standard InChI is InChI=1S/C16H22F3NO2/c17-16(18,19)14-7-4-8-20(9-14)10-15(21)12-22-11-13-5-2-1-3-6-13/h1-3,5-6,14-15,21H,4,7-12H2/t14-,15-/m0/s1. The Balaban J connectivity index is 1.69. The maximum absolute atomic E-state index is 12.7. The van der Waals surface area contributed by atoms with E-state index in [0.29, 0.717) is 19.6 Å². The lowest BCUT2D eigenvalue weighted by Gasteiger charge is -2.34. The summed E-state index contributed by atoms with van der Waals surface area (Å²) in [6.45, 7) is 1.31. The van der Waals surface area contributed by atoms with Crippen LogP contribution in [0.15, 0.2) is 30.3 Å². The predicted molar refractivity (Wildman–Crippen MR) is 77.3 cm³/mol. The molecule has 0 aliphatic carbocycles. The number of likely N-dealkylation sites (tertiary alicyclic amines) is 1. The summed E-state index contributed by atoms with van der Waals surface area (Å²) < 4.78 is 43.6. The fourth-order valence-corrected chi connectivity index (χ4v) is 2.73. The van der Waals surface area contributed by atoms with Gasteiger partial charge in [-0.25, -0.2) is 0 Å². The summed E-state index contributed by atoms with van der Waals surface area (Å²) in [5.41, 5.74) is 1.00. The molecule has 0 saturated carbocycles. The van der Waals surface area contributed by atoms with Crippen molar-refractivity contribution in [2.45, 2.75) is 31.7 Å². The fourth-order valence-electron chi connectivity index (χ4n) is 2.73. The van der Waals surface area contributed by atoms with Gasteiger partial charge in [0.2, 0.25) is 0 Å². The van der Waals surface area contributed by atoms with Crippen molar-refractivity contribution in [3.05, 3.63) is 35.9 Å². The summed E-state index contributed by atoms with van der Waals surface area (Å²) in [6.07, 6.45) is -4.22. The highest BCUT2D eigenvalue weighted by Crippen LogP contribution is 2.33. The Labute approximate surface area is 128 Å². The molecule has 1 aliphatic heterocycles. The number of ether oxygens (including phenoxy) is 1. The van der Waals surface area contributed by atoms with Crippen molar-refractivity contribution in [3.8, 4) is 0 Å². The number of nitrogens with zero attached hydrogens (tertiary/aromatic N) is 1. The lowest BCUT2D eigenvalue weighted by atomic mass is 9.97. The van der Waals surface area contributed by atoms with E-state index in [1.54, 1.807) is 4.90 Å². The first kappa shape index (κ1) is 17.2. The monoisotopic (exact) mass is 317 g/mol. The maximum atomic E-state index is 12.7. The minimum atomic E-state index is -4.15. The van der Waals surface area contributed by atoms with E-state index in [4.69, 9.17) is 4.74 Å². The van der Waals surface area contributed by atoms with Crippen molar-refractivity contribution < 1.29 is 23.0 Å². The Kier molecular flexibility index (Phi) is 6.23. The molecule has 124 valence electrons. The highest BCUT2D eigenvalue weighted by molar-refractivity contribution is 5.13. The quantitative estimate of drug-likeness (QED) is 0.876. The van der Waals surface area contributed by atoms with Gasteiger partial charge >= 0.3 is 6.18 Å². The summed E-state index contributed by atoms with van der Waals surface area (Å²) in [5, 5.41) is 9.92. The van der Waals surface area contributed by atoms with E-state index in [-0.39, 0.29) is 26.1 Å². The van der Waals surface area contributed by atoms with Gasteiger partial charge in [-0.15, -0.1) is 0 Å². The normalized spacial score (nSPS) is 21.7. The van der Waals surface area contributed by atoms with E-state index in [9.17, 15) is 18.3 Å². The lowest BCUT2D eigenvalue weighted by molar-refractivity contribution is -0.187. The highest BCUT2D eigenvalue weighted by atomic mass is 19.4. The number of halogens is 3. The molecule has 0 aromatic heterocycles. The van der Waals surface area contributed by atoms with Gasteiger partial charge in [-0.1, -0.05) is 30.3 Å². The van der Waals surface area contributed by atoms with Crippen molar-refractivity contribution in [2.24, 2.45) is 5.92 Å². The summed E-state index contributed by atoms with van der Waals surface area (Å²) in [6, 6.07) is 9.56. The van der Waals surface area contributed by atoms with E-state index in [2.05, 4.69) is 0 Å². The molecule has 1 aromatic rings. The number of piperidine rings is 1. The molecular weight excluding hydrogens is 295 g/mol. The fraction of sp³-hybridized carbons (Fsp3) is 0.625. The first-order valence-corrected chi connectivity index (χ1v) is 7.54. The zero-order valence-corrected chi connectivity index (χ0v) is 12.4. The molecule has 1 aromatic carbocycles. The molecule has 3 nitrogen and oxygen atoms in total. The van der Waals surface area contributed by atoms with Crippen molar-refractivity contribution >= 4 is 0 Å². The summed E-state index contributed by atoms with van der Waals surface area (Å²) in [5.74, 6) is -1.28. The molecule has 22 heavy (non-hydrogen) atoms. The van der Waals surface area contributed by atoms with Crippen LogP contribution in [0.4, 0.5) is 13.2 Å². The van der Waals surface area contributed by atoms with Gasteiger partial charge in [-0.05, 0) is 24.9 Å². The molecule has 1 fully saturated rings. The van der Waals surface area contributed by atoms with E-state index in [1.807, 2.05) is 30.3 Å². The van der Waals surface area contributed by atoms with Gasteiger partial charge in [0, 0.05) is 13.1 Å². The van der Waals surface area contributed by atoms with Crippen molar-refractivity contribution in [1.29, 1.82) is 0 Å². The molecule has 0 bridgehead atoms. The minimum Gasteiger partial charge on any atom is -0.389 e. The third kappa shape index (κ3) is 5.59. The van der Waals surface area contributed by atoms with Crippen molar-refractivity contribution in [1.82, 2.24) is 4.90 Å². The molecular formula is C16H22F3NO2. The lowest BCUT2D eigenvalue weighted by Crippen LogP contribution is -2.45. The van der Waals surface area contributed by atoms with Gasteiger partial charge in [0.25, 0.3) is 0 Å². The van der Waals surface area contributed by atoms with Crippen LogP contribution in [0.3, 0.4) is 0 Å². The average Bonchev–Trinajstić information content (AvgIpc) is 2.48. The first-order chi connectivity index (χ1) is 10.4. The van der Waals surface area contributed by atoms with Crippen LogP contribution in [0.2, 0.25) is 0 Å². The van der Waals surface area contributed by atoms with Gasteiger partial charge in [0.05, 0.1) is 25.2 Å². The largest absolute Gasteiger partial charge is 0.393 e. The zero-order chi connectivity index (χ0) is 16.0. The molecule has 1 N–H and O–H groups in total. The number of β-amino-alcohol motifs (C(OH)–C–C–N with tert-alkyl or cyclic N) is 1. The Morgan fingerprint density at radius 2 is 2.00 bits per heavy atom. The number of aliphatic hydroxyl groups is 1. The van der Waals surface area contributed by atoms with Crippen LogP contribution in [0, 0.1) is 5.92 Å². The number of alkyl halides is 3. The number of hydrogen-bond acceptors (Lipinski definition) is 3. The van der Waals surface area contributed by atoms with Crippen LogP contribution < -0.4 is 0 Å². The molecule has 0 spiro atoms. The molecule has 0 amide bonds. The van der Waals surface area contributed by atoms with Gasteiger partial charge in [0.1, 0.15) is 0 Å². The molecule has 6 heteroatoms. The van der Waals surface area contributed by atoms with E-state index in [0.717, 1.165) is 5.56 Å². The summed E-state index contributed by atoms with van der Waals surface area (Å²) in [4.78, 5) is 1.68. The van der Waals surface area contributed by atoms with Crippen LogP contribution in [0.1, 0.15) is 18.4 Å². The van der Waals surface area contributed by atoms with Crippen LogP contribution in [-0.4, -0.2) is 48.5 Å². The van der Waals surface area contributed by atoms with Crippen molar-refractivity contribution in [3.63, 3.8) is 0 Å². The molecule has 2 atom stereocenters. The molecule has 2 rings (SSSR count). The number of rotatable bonds is 6. The molecule has 1 aliphatic rings. The smallest absolute Gasteiger partial charge is 0.389 e. The zero-order valence-electron chi connectivity index (χ0n) is 12.4. The second-order valence-electron chi connectivity index (χ2n) is 5.79. The molecule has 0 radical (unpaired) electrons. The Morgan fingerprint density at radius 3 is 2.68 bits per heavy atom. The Bertz CT molecular complexity index is 439. The average molecular weight is 317 g/mol. The van der Waals surface area contributed by atoms with E-state index >= 15 is 0 Å². The third-order valence-electron chi connectivity index (χ3n) is 3.86. The van der Waals surface area contributed by atoms with Gasteiger partial charge in [0.15, 0.2) is 0 Å². The van der Waals surface area contributed by atoms with Crippen molar-refractivity contribution in [2.75, 3.05) is 26.2 Å². The van der Waals surface area contributed by atoms with Crippen LogP contribution in [0.5, 0.6) is 0 Å². The Morgan fingerprint density at radius 1 is 1.27 bits per heavy atom. The second-order valence-corrected chi connectivity index (χ2v) is 5.79. The number of benzene rings is 1. The predicted octanol–water partition coefficient (Wildman–Crippen LogP) is 2.84. The number of hydrogen-bond donors (Lipinski definition) is 1. The molecule has 0 unspecified atom stereocenters. The SMILES string of the molecule is O[C@H](COCc1ccccc1)CN1CCC[C@H](C(F)(F)F)C1. The minimum absolute atomic E-state index is 0.0285. The first-order valence-electron chi connectivity index (χ1n) is 7.54. The topological polar surface area (TPSA) is 32.7 Å². The summed E-state index contributed by atoms with van der Waals surface area (Å²) >= 11 is 0. The van der Waals surface area contributed by atoms with Crippen LogP contribution >= 0.6 is 0 Å². The second kappa shape index (κ2) is 7.94. The summed E-state index contributed by atoms with van der Waals surface area (Å²) in [7, 11) is 0.